The summed E-state index contributed by atoms with van der Waals surface area (Å²) < 4.78 is 0. The number of fused-ring (bicyclic) bond motifs is 21. The Balaban J connectivity index is 0.000000132. The Bertz CT molecular complexity index is 8870. The van der Waals surface area contributed by atoms with Gasteiger partial charge in [-0.3, -0.25) is 34.1 Å². The van der Waals surface area contributed by atoms with Crippen LogP contribution in [0.25, 0.3) is 169 Å². The van der Waals surface area contributed by atoms with Crippen LogP contribution in [0.5, 0.6) is 46.0 Å². The smallest absolute Gasteiger partial charge is 0.354 e. The third kappa shape index (κ3) is 20.9. The lowest BCUT2D eigenvalue weighted by atomic mass is 10.1. The van der Waals surface area contributed by atoms with Crippen LogP contribution in [0.3, 0.4) is 0 Å². The van der Waals surface area contributed by atoms with Crippen molar-refractivity contribution in [2.24, 2.45) is 0 Å². The number of aldehydes is 2. The number of aromatic nitrogens is 14. The van der Waals surface area contributed by atoms with Crippen LogP contribution < -0.4 is 11.5 Å². The van der Waals surface area contributed by atoms with Gasteiger partial charge < -0.3 is 77.6 Å². The number of rotatable bonds is 10. The van der Waals surface area contributed by atoms with Crippen molar-refractivity contribution >= 4 is 217 Å². The molecule has 0 aliphatic carbocycles. The molecule has 36 nitrogen and oxygen atoms in total. The summed E-state index contributed by atoms with van der Waals surface area (Å²) in [6.45, 7) is 21.1. The lowest BCUT2D eigenvalue weighted by Gasteiger charge is -2.09. The van der Waals surface area contributed by atoms with Gasteiger partial charge in [0, 0.05) is 157 Å². The molecular formula is C108H80N18O18. The number of phenolic OH excluding ortho intramolecular Hbond substituents is 8. The molecule has 14 aromatic heterocycles. The summed E-state index contributed by atoms with van der Waals surface area (Å²) in [7, 11) is 0. The number of nitriles is 1. The maximum atomic E-state index is 11.4. The van der Waals surface area contributed by atoms with E-state index in [1.165, 1.54) is 68.4 Å². The molecule has 144 heavy (non-hydrogen) atoms. The van der Waals surface area contributed by atoms with Gasteiger partial charge in [0.25, 0.3) is 5.82 Å². The van der Waals surface area contributed by atoms with Crippen molar-refractivity contribution in [3.8, 4) is 52.1 Å². The number of aliphatic hydroxyl groups excluding tert-OH is 2. The van der Waals surface area contributed by atoms with Crippen LogP contribution in [0.15, 0.2) is 256 Å². The lowest BCUT2D eigenvalue weighted by molar-refractivity contribution is 0.0680. The highest BCUT2D eigenvalue weighted by Gasteiger charge is 2.21. The molecule has 36 heteroatoms. The van der Waals surface area contributed by atoms with E-state index in [1.807, 2.05) is 74.5 Å². The van der Waals surface area contributed by atoms with E-state index in [-0.39, 0.29) is 106 Å². The second-order valence-electron chi connectivity index (χ2n) is 32.0. The molecule has 0 saturated carbocycles. The number of hydrogen-bond acceptors (Lipinski definition) is 33. The van der Waals surface area contributed by atoms with Crippen molar-refractivity contribution in [2.75, 3.05) is 11.5 Å². The zero-order valence-electron chi connectivity index (χ0n) is 76.2. The predicted molar refractivity (Wildman–Crippen MR) is 547 cm³/mol. The summed E-state index contributed by atoms with van der Waals surface area (Å²) in [5, 5.41) is 135. The Labute approximate surface area is 813 Å². The molecule has 0 saturated heterocycles. The van der Waals surface area contributed by atoms with E-state index in [1.54, 1.807) is 134 Å². The van der Waals surface area contributed by atoms with Gasteiger partial charge in [-0.25, -0.2) is 59.4 Å². The Kier molecular flexibility index (Phi) is 28.6. The monoisotopic (exact) mass is 1920 g/mol. The van der Waals surface area contributed by atoms with Gasteiger partial charge in [0.05, 0.1) is 74.8 Å². The van der Waals surface area contributed by atoms with Crippen molar-refractivity contribution in [3.63, 3.8) is 0 Å². The largest absolute Gasteiger partial charge is 0.506 e. The fraction of sp³-hybridized carbons (Fsp3) is 0.0556. The molecule has 22 rings (SSSR count). The number of allylic oxidation sites excluding steroid dienone is 2. The summed E-state index contributed by atoms with van der Waals surface area (Å²) in [5.41, 5.74) is 23.8. The summed E-state index contributed by atoms with van der Waals surface area (Å²) in [6, 6.07) is 65.3. The van der Waals surface area contributed by atoms with E-state index >= 15 is 0 Å². The average molecular weight is 1920 g/mol. The number of carbonyl (C=O) groups excluding carboxylic acids is 4. The minimum absolute atomic E-state index is 0. The van der Waals surface area contributed by atoms with Crippen molar-refractivity contribution in [3.05, 3.63) is 330 Å². The molecule has 22 aromatic rings. The molecule has 0 amide bonds. The van der Waals surface area contributed by atoms with Crippen LogP contribution in [0.2, 0.25) is 0 Å². The number of carbonyl (C=O) groups is 6. The molecule has 0 spiro atoms. The zero-order chi connectivity index (χ0) is 103. The second-order valence-corrected chi connectivity index (χ2v) is 32.0. The Morgan fingerprint density at radius 3 is 1.15 bits per heavy atom. The van der Waals surface area contributed by atoms with E-state index in [0.717, 1.165) is 82.0 Å². The minimum Gasteiger partial charge on any atom is -0.506 e. The highest BCUT2D eigenvalue weighted by molar-refractivity contribution is 6.15. The Morgan fingerprint density at radius 2 is 0.674 bits per heavy atom. The van der Waals surface area contributed by atoms with Crippen LogP contribution in [0.4, 0.5) is 17.2 Å². The van der Waals surface area contributed by atoms with Gasteiger partial charge in [-0.1, -0.05) is 50.1 Å². The standard InChI is InChI=1S/C18H16N2O.C16H12N2O3.C14H6N4O.C14H8N2O5.C14H12N2O3.C14H8N2O3.C12H8N2O.C6H8N2O.H2/c1-10(2)14-7-5-12-13-6-8-15(11(3)4)20-18(13)17(21)9-16(12)19-14;1-8(19)12-5-3-10-11-4-6-13(9(2)20)18-16(11)15(21)7-14(10)17-12;1-16-13-5-4-9-10-3-2-8(7-15)17-14(10)12(19)6-11(9)18-13;17-11-5-10-6(1-3-8(15-10)13(18)19)7-2-4-9(14(20)21)16-12(7)11;2*17-6-8-1-3-10-11-4-2-9(7-18)16-14(11)13(19)5-12(10)15-8;15-11-7-10-8(3-1-5-13-10)9-4-2-6-14-12(9)11;7-4-1-2-5(8)6(9)3-4;/h5-9,21H,1,3H2,2,4H3;3-7,21H,1-2H3;2-6,19H;1-5,17H,(H,18,19)(H,20,21);1-5,17-19H,6-7H2;1-7,19H;1-7,15H;1-3,9H,7-8H2;1H/i;;;;;;;;1+1. The first kappa shape index (κ1) is 98.0. The van der Waals surface area contributed by atoms with Crippen molar-refractivity contribution in [1.29, 1.82) is 5.26 Å². The number of carboxylic acids is 2. The Hall–Kier alpha value is -20.5. The summed E-state index contributed by atoms with van der Waals surface area (Å²) in [6.07, 6.45) is 4.65. The van der Waals surface area contributed by atoms with Crippen molar-refractivity contribution in [2.45, 2.75) is 40.9 Å². The number of phenols is 8. The molecule has 0 bridgehead atoms. The van der Waals surface area contributed by atoms with Gasteiger partial charge >= 0.3 is 11.9 Å². The fourth-order valence-corrected chi connectivity index (χ4v) is 15.3. The van der Waals surface area contributed by atoms with Gasteiger partial charge in [-0.15, -0.1) is 4.98 Å². The van der Waals surface area contributed by atoms with Gasteiger partial charge in [-0.2, -0.15) is 5.26 Å². The number of aromatic hydroxyl groups is 8. The Morgan fingerprint density at radius 1 is 0.347 bits per heavy atom. The van der Waals surface area contributed by atoms with Crippen molar-refractivity contribution in [1.82, 2.24) is 69.8 Å². The first-order valence-corrected chi connectivity index (χ1v) is 43.1. The topological polar surface area (TPSA) is 606 Å². The van der Waals surface area contributed by atoms with Gasteiger partial charge in [0.1, 0.15) is 131 Å². The van der Waals surface area contributed by atoms with Crippen LogP contribution in [-0.2, 0) is 13.2 Å². The molecule has 0 radical (unpaired) electrons. The highest BCUT2D eigenvalue weighted by Crippen LogP contribution is 2.40. The molecule has 8 aromatic carbocycles. The van der Waals surface area contributed by atoms with E-state index in [9.17, 15) is 64.5 Å². The fourth-order valence-electron chi connectivity index (χ4n) is 15.3. The van der Waals surface area contributed by atoms with Gasteiger partial charge in [0.2, 0.25) is 0 Å². The number of Topliss-reactive ketones (excluding diaryl/α,β-unsaturated/α-hetero) is 2. The number of nitrogens with two attached hydrogens (primary N) is 2. The minimum atomic E-state index is -1.20. The number of aromatic carboxylic acids is 2. The molecule has 0 atom stereocenters. The van der Waals surface area contributed by atoms with Gasteiger partial charge in [-0.05, 0) is 177 Å². The summed E-state index contributed by atoms with van der Waals surface area (Å²) in [4.78, 5) is 128. The summed E-state index contributed by atoms with van der Waals surface area (Å²) >= 11 is 0. The number of benzene rings is 8. The molecule has 0 unspecified atom stereocenters. The van der Waals surface area contributed by atoms with Crippen molar-refractivity contribution < 1.29 is 91.5 Å². The highest BCUT2D eigenvalue weighted by atomic mass is 16.4. The average Bonchev–Trinajstić information content (AvgIpc) is 0.759. The number of hydrogen-bond donors (Lipinski definition) is 14. The van der Waals surface area contributed by atoms with E-state index in [2.05, 4.69) is 87.8 Å². The molecule has 0 aliphatic heterocycles. The van der Waals surface area contributed by atoms with E-state index in [4.69, 9.17) is 48.8 Å². The maximum absolute atomic E-state index is 11.4. The first-order valence-electron chi connectivity index (χ1n) is 43.1. The third-order valence-corrected chi connectivity index (χ3v) is 22.2. The molecule has 14 heterocycles. The van der Waals surface area contributed by atoms with Crippen LogP contribution in [0, 0.1) is 17.9 Å². The predicted octanol–water partition coefficient (Wildman–Crippen LogP) is 19.1. The first-order chi connectivity index (χ1) is 69.1. The number of ketones is 2. The van der Waals surface area contributed by atoms with Crippen LogP contribution in [-0.4, -0.2) is 167 Å². The third-order valence-electron chi connectivity index (χ3n) is 22.2. The quantitative estimate of drug-likeness (QED) is 0.0151. The number of pyridine rings is 14. The molecular weight excluding hydrogens is 1840 g/mol. The zero-order valence-corrected chi connectivity index (χ0v) is 76.2. The van der Waals surface area contributed by atoms with Gasteiger partial charge in [0.15, 0.2) is 29.7 Å². The normalized spacial score (nSPS) is 10.8. The van der Waals surface area contributed by atoms with Crippen LogP contribution >= 0.6 is 0 Å². The number of carboxylic acid groups (broad SMARTS) is 2. The van der Waals surface area contributed by atoms with Crippen LogP contribution in [0.1, 0.15) is 121 Å². The maximum Gasteiger partial charge on any atom is 0.354 e. The number of aliphatic hydroxyl groups is 2. The lowest BCUT2D eigenvalue weighted by Crippen LogP contribution is -2.01. The number of nitrogens with zero attached hydrogens (tertiary/aromatic N) is 16. The number of nitrogen functional groups attached to an aromatic ring is 2. The second kappa shape index (κ2) is 42.0. The molecule has 0 aliphatic rings. The van der Waals surface area contributed by atoms with E-state index in [0.29, 0.717) is 140 Å². The molecule has 710 valence electrons. The van der Waals surface area contributed by atoms with E-state index < -0.39 is 11.9 Å². The molecule has 16 N–H and O–H groups in total. The summed E-state index contributed by atoms with van der Waals surface area (Å²) in [5.74, 6) is -2.47. The molecule has 0 fully saturated rings. The number of anilines is 2. The SMILES string of the molecule is C=C(C)c1ccc2c(cc(O)c3nc(C(=C)C)ccc32)n1.CC(=O)c1ccc2c(cc(O)c3nc(C(C)=O)ccc32)n1.Nc1ccc(N)c(O)c1.O=C(O)c1ccc2c(cc(O)c3nc(C(=O)O)ccc32)n1.O=Cc1ccc2c(cc(O)c3nc(C=O)ccc32)n1.OCc1ccc2c(cc(O)c3nc(CO)ccc32)n1.Oc1cc2ncccc2c2cccnc12.[2HH].[C-]#[N+]c1ccc2c(cc(O)c3nc(C#N)ccc32)n1.